The first kappa shape index (κ1) is 25.1. The lowest BCUT2D eigenvalue weighted by molar-refractivity contribution is -0.123. The minimum absolute atomic E-state index is 0.250. The Morgan fingerprint density at radius 1 is 0.625 bits per heavy atom. The van der Waals surface area contributed by atoms with Gasteiger partial charge in [0.05, 0.1) is 0 Å². The van der Waals surface area contributed by atoms with Crippen LogP contribution in [0.2, 0.25) is 0 Å². The predicted molar refractivity (Wildman–Crippen MR) is 99.3 cm³/mol. The van der Waals surface area contributed by atoms with E-state index >= 15 is 0 Å². The lowest BCUT2D eigenvalue weighted by atomic mass is 10.0. The van der Waals surface area contributed by atoms with Crippen molar-refractivity contribution in [3.63, 3.8) is 0 Å². The van der Waals surface area contributed by atoms with Crippen molar-refractivity contribution in [2.24, 2.45) is 0 Å². The SMILES string of the molecule is CCCCCCCCCC(=O)CCCCC(=O)CCCC.O=CO. The van der Waals surface area contributed by atoms with Crippen molar-refractivity contribution in [1.29, 1.82) is 0 Å². The number of unbranched alkanes of at least 4 members (excludes halogenated alkanes) is 8. The number of ketones is 2. The minimum Gasteiger partial charge on any atom is -0.483 e. The van der Waals surface area contributed by atoms with Gasteiger partial charge < -0.3 is 5.11 Å². The van der Waals surface area contributed by atoms with Crippen LogP contribution in [0.4, 0.5) is 0 Å². The van der Waals surface area contributed by atoms with Gasteiger partial charge in [0.15, 0.2) is 0 Å². The van der Waals surface area contributed by atoms with Gasteiger partial charge in [-0.2, -0.15) is 0 Å². The van der Waals surface area contributed by atoms with Crippen molar-refractivity contribution in [3.05, 3.63) is 0 Å². The van der Waals surface area contributed by atoms with E-state index < -0.39 is 0 Å². The molecule has 0 aliphatic heterocycles. The van der Waals surface area contributed by atoms with Crippen molar-refractivity contribution in [2.45, 2.75) is 110 Å². The maximum Gasteiger partial charge on any atom is 0.290 e. The van der Waals surface area contributed by atoms with E-state index in [0.29, 0.717) is 24.4 Å². The molecule has 0 atom stereocenters. The average molecular weight is 343 g/mol. The fraction of sp³-hybridized carbons (Fsp3) is 0.850. The molecule has 0 saturated heterocycles. The van der Waals surface area contributed by atoms with E-state index in [9.17, 15) is 9.59 Å². The maximum atomic E-state index is 11.7. The lowest BCUT2D eigenvalue weighted by Crippen LogP contribution is -2.00. The molecule has 1 N–H and O–H groups in total. The van der Waals surface area contributed by atoms with Crippen LogP contribution in [-0.4, -0.2) is 23.1 Å². The molecule has 0 aromatic rings. The number of Topliss-reactive ketones (excluding diaryl/α,β-unsaturated/α-hetero) is 2. The zero-order valence-electron chi connectivity index (χ0n) is 15.9. The van der Waals surface area contributed by atoms with Crippen molar-refractivity contribution < 1.29 is 19.5 Å². The highest BCUT2D eigenvalue weighted by Gasteiger charge is 2.04. The first-order valence-corrected chi connectivity index (χ1v) is 9.73. The predicted octanol–water partition coefficient (Wildman–Crippen LogP) is 5.72. The summed E-state index contributed by atoms with van der Waals surface area (Å²) in [5.74, 6) is 0.765. The summed E-state index contributed by atoms with van der Waals surface area (Å²) in [6.07, 6.45) is 15.5. The topological polar surface area (TPSA) is 71.4 Å². The number of carbonyl (C=O) groups excluding carboxylic acids is 2. The van der Waals surface area contributed by atoms with Crippen LogP contribution in [0.1, 0.15) is 110 Å². The standard InChI is InChI=1S/C19H36O2.CH2O2/c1-3-5-7-8-9-10-11-15-19(21)17-13-12-16-18(20)14-6-4-2;2-1-3/h3-17H2,1-2H3;1H,(H,2,3). The van der Waals surface area contributed by atoms with Gasteiger partial charge in [-0.1, -0.05) is 58.8 Å². The van der Waals surface area contributed by atoms with Crippen LogP contribution >= 0.6 is 0 Å². The molecule has 0 aromatic carbocycles. The van der Waals surface area contributed by atoms with Crippen LogP contribution in [-0.2, 0) is 14.4 Å². The zero-order chi connectivity index (χ0) is 18.5. The van der Waals surface area contributed by atoms with Gasteiger partial charge in [-0.3, -0.25) is 14.4 Å². The van der Waals surface area contributed by atoms with E-state index in [4.69, 9.17) is 9.90 Å². The third-order valence-electron chi connectivity index (χ3n) is 4.03. The summed E-state index contributed by atoms with van der Waals surface area (Å²) in [5.41, 5.74) is 0. The normalized spacial score (nSPS) is 9.92. The van der Waals surface area contributed by atoms with Gasteiger partial charge in [0.25, 0.3) is 6.47 Å². The molecule has 0 saturated carbocycles. The molecule has 0 amide bonds. The van der Waals surface area contributed by atoms with Gasteiger partial charge in [-0.05, 0) is 25.7 Å². The monoisotopic (exact) mass is 342 g/mol. The molecule has 0 heterocycles. The first-order chi connectivity index (χ1) is 11.6. The summed E-state index contributed by atoms with van der Waals surface area (Å²) in [7, 11) is 0. The molecule has 0 aromatic heterocycles. The molecule has 0 aliphatic rings. The number of hydrogen-bond acceptors (Lipinski definition) is 3. The second-order valence-electron chi connectivity index (χ2n) is 6.36. The molecule has 4 nitrogen and oxygen atoms in total. The molecule has 0 aliphatic carbocycles. The van der Waals surface area contributed by atoms with Crippen LogP contribution in [0.3, 0.4) is 0 Å². The fourth-order valence-corrected chi connectivity index (χ4v) is 2.55. The Hall–Kier alpha value is -1.19. The van der Waals surface area contributed by atoms with Crippen LogP contribution in [0.25, 0.3) is 0 Å². The van der Waals surface area contributed by atoms with E-state index in [0.717, 1.165) is 44.9 Å². The van der Waals surface area contributed by atoms with Crippen molar-refractivity contribution >= 4 is 18.0 Å². The molecule has 0 radical (unpaired) electrons. The Morgan fingerprint density at radius 2 is 0.917 bits per heavy atom. The average Bonchev–Trinajstić information content (AvgIpc) is 2.56. The van der Waals surface area contributed by atoms with Crippen molar-refractivity contribution in [2.75, 3.05) is 0 Å². The molecule has 4 heteroatoms. The van der Waals surface area contributed by atoms with E-state index in [1.165, 1.54) is 38.5 Å². The number of carboxylic acid groups (broad SMARTS) is 1. The smallest absolute Gasteiger partial charge is 0.290 e. The molecule has 0 fully saturated rings. The van der Waals surface area contributed by atoms with Crippen LogP contribution in [0, 0.1) is 0 Å². The van der Waals surface area contributed by atoms with Crippen LogP contribution in [0.15, 0.2) is 0 Å². The summed E-state index contributed by atoms with van der Waals surface area (Å²) >= 11 is 0. The summed E-state index contributed by atoms with van der Waals surface area (Å²) in [4.78, 5) is 31.6. The van der Waals surface area contributed by atoms with Crippen molar-refractivity contribution in [3.8, 4) is 0 Å². The van der Waals surface area contributed by atoms with Crippen molar-refractivity contribution in [1.82, 2.24) is 0 Å². The Labute approximate surface area is 148 Å². The van der Waals surface area contributed by atoms with Crippen LogP contribution in [0.5, 0.6) is 0 Å². The quantitative estimate of drug-likeness (QED) is 0.288. The Kier molecular flexibility index (Phi) is 22.8. The molecular weight excluding hydrogens is 304 g/mol. The molecule has 0 bridgehead atoms. The summed E-state index contributed by atoms with van der Waals surface area (Å²) < 4.78 is 0. The van der Waals surface area contributed by atoms with Gasteiger partial charge in [0.2, 0.25) is 0 Å². The van der Waals surface area contributed by atoms with E-state index in [1.807, 2.05) is 0 Å². The number of carbonyl (C=O) groups is 3. The molecule has 142 valence electrons. The third-order valence-corrected chi connectivity index (χ3v) is 4.03. The second kappa shape index (κ2) is 21.8. The number of rotatable bonds is 16. The Balaban J connectivity index is 0. The first-order valence-electron chi connectivity index (χ1n) is 9.73. The highest BCUT2D eigenvalue weighted by molar-refractivity contribution is 5.79. The Morgan fingerprint density at radius 3 is 1.33 bits per heavy atom. The van der Waals surface area contributed by atoms with Gasteiger partial charge in [0.1, 0.15) is 11.6 Å². The van der Waals surface area contributed by atoms with Crippen LogP contribution < -0.4 is 0 Å². The van der Waals surface area contributed by atoms with E-state index in [-0.39, 0.29) is 6.47 Å². The second-order valence-corrected chi connectivity index (χ2v) is 6.36. The number of hydrogen-bond donors (Lipinski definition) is 1. The maximum absolute atomic E-state index is 11.7. The summed E-state index contributed by atoms with van der Waals surface area (Å²) in [5, 5.41) is 6.89. The Bertz CT molecular complexity index is 300. The van der Waals surface area contributed by atoms with Gasteiger partial charge in [-0.15, -0.1) is 0 Å². The van der Waals surface area contributed by atoms with Gasteiger partial charge >= 0.3 is 0 Å². The molecule has 0 spiro atoms. The van der Waals surface area contributed by atoms with E-state index in [2.05, 4.69) is 13.8 Å². The molecule has 0 rings (SSSR count). The largest absolute Gasteiger partial charge is 0.483 e. The van der Waals surface area contributed by atoms with Gasteiger partial charge in [0, 0.05) is 25.7 Å². The third kappa shape index (κ3) is 23.1. The van der Waals surface area contributed by atoms with E-state index in [1.54, 1.807) is 0 Å². The fourth-order valence-electron chi connectivity index (χ4n) is 2.55. The zero-order valence-corrected chi connectivity index (χ0v) is 15.9. The minimum atomic E-state index is -0.250. The molecule has 0 unspecified atom stereocenters. The lowest BCUT2D eigenvalue weighted by Gasteiger charge is -2.02. The highest BCUT2D eigenvalue weighted by atomic mass is 16.3. The summed E-state index contributed by atoms with van der Waals surface area (Å²) in [6, 6.07) is 0. The van der Waals surface area contributed by atoms with Gasteiger partial charge in [-0.25, -0.2) is 0 Å². The summed E-state index contributed by atoms with van der Waals surface area (Å²) in [6.45, 7) is 4.09. The molecular formula is C20H38O4. The molecule has 24 heavy (non-hydrogen) atoms. The highest BCUT2D eigenvalue weighted by Crippen LogP contribution is 2.11.